The Hall–Kier alpha value is -3.64. The number of rotatable bonds is 6. The van der Waals surface area contributed by atoms with Crippen LogP contribution >= 0.6 is 11.3 Å². The number of hydrogen-bond donors (Lipinski definition) is 2. The summed E-state index contributed by atoms with van der Waals surface area (Å²) in [5.41, 5.74) is 1.80. The van der Waals surface area contributed by atoms with E-state index in [1.54, 1.807) is 35.7 Å². The number of amides is 1. The summed E-state index contributed by atoms with van der Waals surface area (Å²) in [6, 6.07) is 19.8. The summed E-state index contributed by atoms with van der Waals surface area (Å²) >= 11 is 1.30. The third kappa shape index (κ3) is 4.91. The first-order chi connectivity index (χ1) is 15.7. The number of ether oxygens (including phenoxy) is 1. The highest BCUT2D eigenvalue weighted by Gasteiger charge is 2.20. The number of aromatic hydroxyl groups is 1. The van der Waals surface area contributed by atoms with Gasteiger partial charge in [0, 0.05) is 16.5 Å². The predicted molar refractivity (Wildman–Crippen MR) is 133 cm³/mol. The summed E-state index contributed by atoms with van der Waals surface area (Å²) in [4.78, 5) is 26.1. The lowest BCUT2D eigenvalue weighted by atomic mass is 9.87. The Labute approximate surface area is 196 Å². The summed E-state index contributed by atoms with van der Waals surface area (Å²) in [5, 5.41) is 16.5. The highest BCUT2D eigenvalue weighted by Crippen LogP contribution is 2.36. The zero-order chi connectivity index (χ0) is 23.6. The Bertz CT molecular complexity index is 1300. The quantitative estimate of drug-likeness (QED) is 0.268. The van der Waals surface area contributed by atoms with Gasteiger partial charge in [0.2, 0.25) is 5.78 Å². The number of hydrogen-bond acceptors (Lipinski definition) is 5. The normalized spacial score (nSPS) is 11.4. The number of fused-ring (bicyclic) bond motifs is 1. The molecule has 0 fully saturated rings. The van der Waals surface area contributed by atoms with Crippen molar-refractivity contribution in [2.75, 3.05) is 11.9 Å². The fourth-order valence-electron chi connectivity index (χ4n) is 3.56. The van der Waals surface area contributed by atoms with E-state index in [9.17, 15) is 14.7 Å². The van der Waals surface area contributed by atoms with Crippen LogP contribution in [0.1, 0.15) is 41.6 Å². The second kappa shape index (κ2) is 9.08. The number of anilines is 1. The van der Waals surface area contributed by atoms with E-state index in [2.05, 4.69) is 26.1 Å². The van der Waals surface area contributed by atoms with Gasteiger partial charge >= 0.3 is 0 Å². The van der Waals surface area contributed by atoms with Crippen molar-refractivity contribution in [3.05, 3.63) is 88.1 Å². The number of benzene rings is 3. The molecule has 1 heterocycles. The highest BCUT2D eigenvalue weighted by molar-refractivity contribution is 7.12. The van der Waals surface area contributed by atoms with Gasteiger partial charge < -0.3 is 15.2 Å². The van der Waals surface area contributed by atoms with E-state index < -0.39 is 0 Å². The van der Waals surface area contributed by atoms with Crippen LogP contribution in [0.5, 0.6) is 11.5 Å². The summed E-state index contributed by atoms with van der Waals surface area (Å²) in [5.74, 6) is -0.154. The molecule has 0 aliphatic rings. The summed E-state index contributed by atoms with van der Waals surface area (Å²) in [6.45, 7) is 6.22. The minimum absolute atomic E-state index is 0.0358. The maximum Gasteiger partial charge on any atom is 0.262 e. The molecule has 0 spiro atoms. The van der Waals surface area contributed by atoms with Crippen molar-refractivity contribution in [1.29, 1.82) is 0 Å². The molecule has 0 saturated heterocycles. The maximum atomic E-state index is 12.9. The van der Waals surface area contributed by atoms with Crippen LogP contribution < -0.4 is 10.1 Å². The molecule has 1 aromatic heterocycles. The topological polar surface area (TPSA) is 75.6 Å². The van der Waals surface area contributed by atoms with Crippen molar-refractivity contribution in [2.45, 2.75) is 26.2 Å². The Kier molecular flexibility index (Phi) is 6.20. The van der Waals surface area contributed by atoms with Crippen LogP contribution in [-0.2, 0) is 10.2 Å². The van der Waals surface area contributed by atoms with E-state index >= 15 is 0 Å². The van der Waals surface area contributed by atoms with Crippen molar-refractivity contribution < 1.29 is 19.4 Å². The van der Waals surface area contributed by atoms with Crippen molar-refractivity contribution >= 4 is 39.5 Å². The van der Waals surface area contributed by atoms with Crippen LogP contribution in [0.3, 0.4) is 0 Å². The Morgan fingerprint density at radius 2 is 1.67 bits per heavy atom. The molecule has 0 saturated carbocycles. The SMILES string of the molecule is CC(C)(C)c1ccc(OCC(=O)Nc2cc(C(=O)c3cccs3)c(O)c3ccccc23)cc1. The van der Waals surface area contributed by atoms with E-state index in [0.29, 0.717) is 27.1 Å². The maximum absolute atomic E-state index is 12.9. The smallest absolute Gasteiger partial charge is 0.262 e. The first-order valence-electron chi connectivity index (χ1n) is 10.6. The van der Waals surface area contributed by atoms with Crippen LogP contribution in [0.4, 0.5) is 5.69 Å². The van der Waals surface area contributed by atoms with E-state index in [0.717, 1.165) is 0 Å². The minimum atomic E-state index is -0.361. The van der Waals surface area contributed by atoms with Gasteiger partial charge in [0.25, 0.3) is 5.91 Å². The monoisotopic (exact) mass is 459 g/mol. The van der Waals surface area contributed by atoms with Gasteiger partial charge in [-0.1, -0.05) is 63.2 Å². The first kappa shape index (κ1) is 22.6. The minimum Gasteiger partial charge on any atom is -0.507 e. The first-order valence-corrected chi connectivity index (χ1v) is 11.5. The fraction of sp³-hybridized carbons (Fsp3) is 0.185. The fourth-order valence-corrected chi connectivity index (χ4v) is 4.24. The zero-order valence-corrected chi connectivity index (χ0v) is 19.5. The molecule has 3 aromatic carbocycles. The molecular weight excluding hydrogens is 434 g/mol. The number of carbonyl (C=O) groups excluding carboxylic acids is 2. The number of carbonyl (C=O) groups is 2. The van der Waals surface area contributed by atoms with Gasteiger partial charge in [0.15, 0.2) is 6.61 Å². The van der Waals surface area contributed by atoms with E-state index in [1.165, 1.54) is 23.0 Å². The molecule has 0 atom stereocenters. The molecule has 1 amide bonds. The van der Waals surface area contributed by atoms with Gasteiger partial charge in [-0.05, 0) is 40.6 Å². The van der Waals surface area contributed by atoms with Crippen LogP contribution in [0, 0.1) is 0 Å². The molecular formula is C27H25NO4S. The zero-order valence-electron chi connectivity index (χ0n) is 18.7. The van der Waals surface area contributed by atoms with Crippen LogP contribution in [0.25, 0.3) is 10.8 Å². The Morgan fingerprint density at radius 3 is 2.30 bits per heavy atom. The molecule has 6 heteroatoms. The molecule has 4 rings (SSSR count). The summed E-state index contributed by atoms with van der Waals surface area (Å²) in [6.07, 6.45) is 0. The van der Waals surface area contributed by atoms with Gasteiger partial charge in [0.1, 0.15) is 11.5 Å². The van der Waals surface area contributed by atoms with Crippen molar-refractivity contribution in [1.82, 2.24) is 0 Å². The van der Waals surface area contributed by atoms with Gasteiger partial charge in [-0.15, -0.1) is 11.3 Å². The van der Waals surface area contributed by atoms with Crippen LogP contribution in [0.15, 0.2) is 72.1 Å². The van der Waals surface area contributed by atoms with Gasteiger partial charge in [-0.25, -0.2) is 0 Å². The second-order valence-electron chi connectivity index (χ2n) is 8.78. The molecule has 0 radical (unpaired) electrons. The lowest BCUT2D eigenvalue weighted by Crippen LogP contribution is -2.20. The Balaban J connectivity index is 1.56. The van der Waals surface area contributed by atoms with E-state index in [4.69, 9.17) is 4.74 Å². The van der Waals surface area contributed by atoms with Gasteiger partial charge in [-0.3, -0.25) is 9.59 Å². The molecule has 2 N–H and O–H groups in total. The molecule has 33 heavy (non-hydrogen) atoms. The molecule has 5 nitrogen and oxygen atoms in total. The highest BCUT2D eigenvalue weighted by atomic mass is 32.1. The van der Waals surface area contributed by atoms with Crippen molar-refractivity contribution in [3.63, 3.8) is 0 Å². The van der Waals surface area contributed by atoms with E-state index in [-0.39, 0.29) is 35.0 Å². The lowest BCUT2D eigenvalue weighted by molar-refractivity contribution is -0.118. The largest absolute Gasteiger partial charge is 0.507 e. The number of thiophene rings is 1. The molecule has 4 aromatic rings. The molecule has 0 bridgehead atoms. The standard InChI is InChI=1S/C27H25NO4S/c1-27(2,3)17-10-12-18(13-11-17)32-16-24(29)28-22-15-21(26(31)23-9-6-14-33-23)25(30)20-8-5-4-7-19(20)22/h4-15,30H,16H2,1-3H3,(H,28,29). The number of ketones is 1. The Morgan fingerprint density at radius 1 is 0.970 bits per heavy atom. The third-order valence-electron chi connectivity index (χ3n) is 5.37. The number of phenols is 1. The second-order valence-corrected chi connectivity index (χ2v) is 9.73. The third-order valence-corrected chi connectivity index (χ3v) is 6.24. The van der Waals surface area contributed by atoms with Crippen LogP contribution in [0.2, 0.25) is 0 Å². The average molecular weight is 460 g/mol. The van der Waals surface area contributed by atoms with E-state index in [1.807, 2.05) is 30.3 Å². The number of phenolic OH excluding ortho intramolecular Hbond substituents is 1. The van der Waals surface area contributed by atoms with Gasteiger partial charge in [-0.2, -0.15) is 0 Å². The van der Waals surface area contributed by atoms with Crippen LogP contribution in [-0.4, -0.2) is 23.4 Å². The molecule has 168 valence electrons. The van der Waals surface area contributed by atoms with Gasteiger partial charge in [0.05, 0.1) is 10.4 Å². The number of nitrogens with one attached hydrogen (secondary N) is 1. The lowest BCUT2D eigenvalue weighted by Gasteiger charge is -2.19. The average Bonchev–Trinajstić information content (AvgIpc) is 3.34. The molecule has 0 unspecified atom stereocenters. The van der Waals surface area contributed by atoms with Crippen molar-refractivity contribution in [2.24, 2.45) is 0 Å². The molecule has 0 aliphatic heterocycles. The van der Waals surface area contributed by atoms with Crippen molar-refractivity contribution in [3.8, 4) is 11.5 Å². The predicted octanol–water partition coefficient (Wildman–Crippen LogP) is 6.15. The summed E-state index contributed by atoms with van der Waals surface area (Å²) < 4.78 is 5.65. The summed E-state index contributed by atoms with van der Waals surface area (Å²) in [7, 11) is 0. The molecule has 0 aliphatic carbocycles.